The van der Waals surface area contributed by atoms with Gasteiger partial charge in [0.2, 0.25) is 0 Å². The van der Waals surface area contributed by atoms with Crippen LogP contribution in [-0.2, 0) is 0 Å². The number of ether oxygens (including phenoxy) is 1. The van der Waals surface area contributed by atoms with Crippen LogP contribution in [0.15, 0.2) is 243 Å². The number of benzene rings is 12. The Morgan fingerprint density at radius 3 is 1.43 bits per heavy atom. The highest BCUT2D eigenvalue weighted by molar-refractivity contribution is 6.28. The maximum absolute atomic E-state index is 6.56. The zero-order valence-corrected chi connectivity index (χ0v) is 34.4. The Labute approximate surface area is 366 Å². The number of para-hydroxylation sites is 2. The molecule has 3 nitrogen and oxygen atoms in total. The summed E-state index contributed by atoms with van der Waals surface area (Å²) in [6.45, 7) is 0. The van der Waals surface area contributed by atoms with E-state index in [-0.39, 0.29) is 0 Å². The van der Waals surface area contributed by atoms with Crippen molar-refractivity contribution >= 4 is 88.0 Å². The SMILES string of the molecule is c1ccc(-c2cc3ccc(N(c4ccccc4)c4ccc(Oc5ccc(N(c6ccccc6)c6cc7ccccc7c7ccccc67)cc5)cc4)c4ccc5cccc2c5c34)cc1. The van der Waals surface area contributed by atoms with E-state index in [0.717, 1.165) is 45.6 Å². The molecule has 0 aliphatic rings. The van der Waals surface area contributed by atoms with Crippen LogP contribution in [0.1, 0.15) is 0 Å². The third kappa shape index (κ3) is 6.38. The lowest BCUT2D eigenvalue weighted by atomic mass is 9.88. The molecule has 63 heavy (non-hydrogen) atoms. The number of nitrogens with zero attached hydrogens (tertiary/aromatic N) is 2. The molecule has 0 atom stereocenters. The molecule has 0 saturated carbocycles. The molecule has 296 valence electrons. The summed E-state index contributed by atoms with van der Waals surface area (Å²) in [6.07, 6.45) is 0. The Balaban J connectivity index is 0.897. The molecule has 3 heteroatoms. The Morgan fingerprint density at radius 2 is 0.762 bits per heavy atom. The average Bonchev–Trinajstić information content (AvgIpc) is 3.35. The molecular weight excluding hydrogens is 765 g/mol. The molecule has 0 spiro atoms. The van der Waals surface area contributed by atoms with Gasteiger partial charge >= 0.3 is 0 Å². The van der Waals surface area contributed by atoms with Gasteiger partial charge in [-0.25, -0.2) is 0 Å². The lowest BCUT2D eigenvalue weighted by Crippen LogP contribution is -2.10. The second-order valence-corrected chi connectivity index (χ2v) is 16.1. The van der Waals surface area contributed by atoms with Gasteiger partial charge in [-0.2, -0.15) is 0 Å². The van der Waals surface area contributed by atoms with Gasteiger partial charge in [0.25, 0.3) is 0 Å². The molecule has 0 aliphatic carbocycles. The largest absolute Gasteiger partial charge is 0.457 e. The second kappa shape index (κ2) is 15.3. The first-order valence-electron chi connectivity index (χ1n) is 21.5. The Bertz CT molecular complexity index is 3570. The van der Waals surface area contributed by atoms with Gasteiger partial charge in [-0.15, -0.1) is 0 Å². The quantitative estimate of drug-likeness (QED) is 0.135. The Hall–Kier alpha value is -8.40. The van der Waals surface area contributed by atoms with Gasteiger partial charge in [-0.1, -0.05) is 152 Å². The minimum atomic E-state index is 0.767. The average molecular weight is 805 g/mol. The van der Waals surface area contributed by atoms with Crippen molar-refractivity contribution < 1.29 is 4.74 Å². The highest BCUT2D eigenvalue weighted by Gasteiger charge is 2.21. The number of anilines is 6. The fourth-order valence-electron chi connectivity index (χ4n) is 9.55. The molecule has 0 radical (unpaired) electrons. The van der Waals surface area contributed by atoms with E-state index in [9.17, 15) is 0 Å². The fraction of sp³-hybridized carbons (Fsp3) is 0. The molecule has 12 rings (SSSR count). The van der Waals surface area contributed by atoms with Crippen LogP contribution in [0.4, 0.5) is 34.1 Å². The molecular formula is C60H40N2O. The molecule has 0 unspecified atom stereocenters. The predicted octanol–water partition coefficient (Wildman–Crippen LogP) is 17.3. The van der Waals surface area contributed by atoms with Crippen LogP contribution in [0.5, 0.6) is 11.5 Å². The van der Waals surface area contributed by atoms with Crippen LogP contribution < -0.4 is 14.5 Å². The summed E-state index contributed by atoms with van der Waals surface area (Å²) in [4.78, 5) is 4.70. The minimum absolute atomic E-state index is 0.767. The van der Waals surface area contributed by atoms with Gasteiger partial charge in [0.05, 0.1) is 11.4 Å². The van der Waals surface area contributed by atoms with Crippen molar-refractivity contribution in [3.63, 3.8) is 0 Å². The lowest BCUT2D eigenvalue weighted by Gasteiger charge is -2.28. The minimum Gasteiger partial charge on any atom is -0.457 e. The van der Waals surface area contributed by atoms with Gasteiger partial charge in [0.1, 0.15) is 11.5 Å². The fourth-order valence-corrected chi connectivity index (χ4v) is 9.55. The van der Waals surface area contributed by atoms with Crippen LogP contribution in [0.2, 0.25) is 0 Å². The topological polar surface area (TPSA) is 15.7 Å². The number of hydrogen-bond donors (Lipinski definition) is 0. The summed E-state index contributed by atoms with van der Waals surface area (Å²) in [7, 11) is 0. The van der Waals surface area contributed by atoms with E-state index in [0.29, 0.717) is 0 Å². The molecule has 0 heterocycles. The normalized spacial score (nSPS) is 11.5. The first-order chi connectivity index (χ1) is 31.2. The van der Waals surface area contributed by atoms with Crippen LogP contribution in [0.3, 0.4) is 0 Å². The second-order valence-electron chi connectivity index (χ2n) is 16.1. The van der Waals surface area contributed by atoms with Gasteiger partial charge in [-0.3, -0.25) is 0 Å². The molecule has 0 aliphatic heterocycles. The maximum Gasteiger partial charge on any atom is 0.127 e. The van der Waals surface area contributed by atoms with Crippen molar-refractivity contribution in [2.75, 3.05) is 9.80 Å². The highest BCUT2D eigenvalue weighted by atomic mass is 16.5. The summed E-state index contributed by atoms with van der Waals surface area (Å²) in [5, 5.41) is 12.4. The molecule has 0 saturated heterocycles. The van der Waals surface area contributed by atoms with E-state index >= 15 is 0 Å². The van der Waals surface area contributed by atoms with Crippen LogP contribution in [0, 0.1) is 0 Å². The van der Waals surface area contributed by atoms with E-state index in [2.05, 4.69) is 252 Å². The summed E-state index contributed by atoms with van der Waals surface area (Å²) in [5.41, 5.74) is 9.01. The molecule has 0 bridgehead atoms. The highest BCUT2D eigenvalue weighted by Crippen LogP contribution is 2.47. The molecule has 0 N–H and O–H groups in total. The molecule has 12 aromatic carbocycles. The van der Waals surface area contributed by atoms with E-state index in [4.69, 9.17) is 4.74 Å². The third-order valence-corrected chi connectivity index (χ3v) is 12.4. The third-order valence-electron chi connectivity index (χ3n) is 12.4. The smallest absolute Gasteiger partial charge is 0.127 e. The standard InChI is InChI=1S/C60H40N2O/c1-4-15-41(16-5-1)56-39-44-28-38-57(55-37-27-42-18-14-26-54(56)59(42)60(44)55)61(45-19-6-2-7-20-45)47-29-33-49(34-30-47)63-50-35-31-48(32-36-50)62(46-21-8-3-9-22-46)58-40-43-17-10-11-23-51(43)52-24-12-13-25-53(52)58/h1-40H. The van der Waals surface area contributed by atoms with E-state index in [1.807, 2.05) is 0 Å². The first-order valence-corrected chi connectivity index (χ1v) is 21.5. The van der Waals surface area contributed by atoms with E-state index in [1.54, 1.807) is 0 Å². The molecule has 0 amide bonds. The summed E-state index contributed by atoms with van der Waals surface area (Å²) < 4.78 is 6.56. The zero-order valence-electron chi connectivity index (χ0n) is 34.4. The first kappa shape index (κ1) is 36.5. The zero-order chi connectivity index (χ0) is 41.7. The monoisotopic (exact) mass is 804 g/mol. The van der Waals surface area contributed by atoms with Crippen LogP contribution >= 0.6 is 0 Å². The molecule has 0 fully saturated rings. The van der Waals surface area contributed by atoms with Crippen LogP contribution in [-0.4, -0.2) is 0 Å². The molecule has 12 aromatic rings. The van der Waals surface area contributed by atoms with Crippen LogP contribution in [0.25, 0.3) is 65.0 Å². The lowest BCUT2D eigenvalue weighted by molar-refractivity contribution is 0.483. The van der Waals surface area contributed by atoms with Gasteiger partial charge in [-0.05, 0) is 145 Å². The van der Waals surface area contributed by atoms with Gasteiger partial charge < -0.3 is 14.5 Å². The van der Waals surface area contributed by atoms with E-state index in [1.165, 1.54) is 65.0 Å². The van der Waals surface area contributed by atoms with Crippen molar-refractivity contribution in [2.45, 2.75) is 0 Å². The number of hydrogen-bond acceptors (Lipinski definition) is 3. The molecule has 0 aromatic heterocycles. The number of fused-ring (bicyclic) bond motifs is 3. The van der Waals surface area contributed by atoms with Crippen molar-refractivity contribution in [1.82, 2.24) is 0 Å². The summed E-state index contributed by atoms with van der Waals surface area (Å²) in [6, 6.07) is 86.6. The van der Waals surface area contributed by atoms with Gasteiger partial charge in [0, 0.05) is 33.5 Å². The van der Waals surface area contributed by atoms with Crippen molar-refractivity contribution in [1.29, 1.82) is 0 Å². The maximum atomic E-state index is 6.56. The summed E-state index contributed by atoms with van der Waals surface area (Å²) >= 11 is 0. The van der Waals surface area contributed by atoms with Gasteiger partial charge in [0.15, 0.2) is 0 Å². The predicted molar refractivity (Wildman–Crippen MR) is 266 cm³/mol. The van der Waals surface area contributed by atoms with Crippen molar-refractivity contribution in [3.05, 3.63) is 243 Å². The summed E-state index contributed by atoms with van der Waals surface area (Å²) in [5.74, 6) is 1.54. The van der Waals surface area contributed by atoms with E-state index < -0.39 is 0 Å². The van der Waals surface area contributed by atoms with Crippen molar-refractivity contribution in [2.24, 2.45) is 0 Å². The Morgan fingerprint density at radius 1 is 0.270 bits per heavy atom. The van der Waals surface area contributed by atoms with Crippen molar-refractivity contribution in [3.8, 4) is 22.6 Å². The number of rotatable bonds is 9. The Kier molecular flexibility index (Phi) is 8.83.